The fourth-order valence-corrected chi connectivity index (χ4v) is 3.55. The Kier molecular flexibility index (Phi) is 5.83. The summed E-state index contributed by atoms with van der Waals surface area (Å²) in [5.74, 6) is 0. The Balaban J connectivity index is 1.85. The van der Waals surface area contributed by atoms with E-state index in [2.05, 4.69) is 84.0 Å². The first kappa shape index (κ1) is 20.2. The Morgan fingerprint density at radius 3 is 2.04 bits per heavy atom. The molecule has 0 spiro atoms. The normalized spacial score (nSPS) is 18.1. The monoisotopic (exact) mass is 364 g/mol. The molecule has 2 aromatic rings. The van der Waals surface area contributed by atoms with Crippen molar-refractivity contribution in [1.29, 1.82) is 0 Å². The summed E-state index contributed by atoms with van der Waals surface area (Å²) in [5.41, 5.74) is 5.84. The van der Waals surface area contributed by atoms with Crippen molar-refractivity contribution >= 4 is 12.6 Å². The number of rotatable bonds is 6. The van der Waals surface area contributed by atoms with Gasteiger partial charge in [0.2, 0.25) is 0 Å². The van der Waals surface area contributed by atoms with Crippen molar-refractivity contribution in [2.75, 3.05) is 0 Å². The van der Waals surface area contributed by atoms with Crippen LogP contribution >= 0.6 is 0 Å². The molecule has 27 heavy (non-hydrogen) atoms. The van der Waals surface area contributed by atoms with Crippen LogP contribution in [-0.4, -0.2) is 18.3 Å². The second-order valence-electron chi connectivity index (χ2n) is 8.66. The summed E-state index contributed by atoms with van der Waals surface area (Å²) in [7, 11) is -0.300. The molecule has 2 nitrogen and oxygen atoms in total. The van der Waals surface area contributed by atoms with E-state index in [0.29, 0.717) is 0 Å². The Morgan fingerprint density at radius 2 is 1.48 bits per heavy atom. The molecule has 3 heteroatoms. The van der Waals surface area contributed by atoms with E-state index >= 15 is 0 Å². The SMILES string of the molecule is CCCCc1ccc(-c2ccc(B3OC(C)(C)C(C)(C)O3)cc2CC)cc1. The number of hydrogen-bond acceptors (Lipinski definition) is 2. The van der Waals surface area contributed by atoms with E-state index in [0.717, 1.165) is 18.3 Å². The Morgan fingerprint density at radius 1 is 0.852 bits per heavy atom. The van der Waals surface area contributed by atoms with E-state index in [4.69, 9.17) is 9.31 Å². The highest BCUT2D eigenvalue weighted by Crippen LogP contribution is 2.36. The average molecular weight is 364 g/mol. The van der Waals surface area contributed by atoms with Crippen LogP contribution in [0.25, 0.3) is 11.1 Å². The molecule has 2 aromatic carbocycles. The zero-order valence-corrected chi connectivity index (χ0v) is 17.8. The third-order valence-electron chi connectivity index (χ3n) is 6.12. The molecule has 1 heterocycles. The number of unbranched alkanes of at least 4 members (excludes halogenated alkanes) is 1. The van der Waals surface area contributed by atoms with Crippen LogP contribution in [0.1, 0.15) is 65.5 Å². The highest BCUT2D eigenvalue weighted by molar-refractivity contribution is 6.62. The van der Waals surface area contributed by atoms with Crippen molar-refractivity contribution in [3.63, 3.8) is 0 Å². The van der Waals surface area contributed by atoms with Crippen molar-refractivity contribution < 1.29 is 9.31 Å². The van der Waals surface area contributed by atoms with Gasteiger partial charge in [0.1, 0.15) is 0 Å². The molecule has 0 aromatic heterocycles. The van der Waals surface area contributed by atoms with Crippen LogP contribution in [0.2, 0.25) is 0 Å². The minimum absolute atomic E-state index is 0.300. The van der Waals surface area contributed by atoms with Gasteiger partial charge in [0.05, 0.1) is 11.2 Å². The van der Waals surface area contributed by atoms with Gasteiger partial charge >= 0.3 is 7.12 Å². The summed E-state index contributed by atoms with van der Waals surface area (Å²) in [4.78, 5) is 0. The van der Waals surface area contributed by atoms with E-state index < -0.39 is 0 Å². The second kappa shape index (κ2) is 7.81. The molecule has 3 rings (SSSR count). The molecule has 0 N–H and O–H groups in total. The van der Waals surface area contributed by atoms with Crippen molar-refractivity contribution in [2.45, 2.75) is 78.4 Å². The zero-order valence-electron chi connectivity index (χ0n) is 17.8. The lowest BCUT2D eigenvalue weighted by Gasteiger charge is -2.32. The van der Waals surface area contributed by atoms with Crippen LogP contribution in [0.5, 0.6) is 0 Å². The smallest absolute Gasteiger partial charge is 0.399 e. The molecule has 144 valence electrons. The fraction of sp³-hybridized carbons (Fsp3) is 0.500. The van der Waals surface area contributed by atoms with Crippen LogP contribution in [0.3, 0.4) is 0 Å². The van der Waals surface area contributed by atoms with E-state index in [1.165, 1.54) is 35.1 Å². The largest absolute Gasteiger partial charge is 0.494 e. The van der Waals surface area contributed by atoms with E-state index in [9.17, 15) is 0 Å². The quantitative estimate of drug-likeness (QED) is 0.625. The summed E-state index contributed by atoms with van der Waals surface area (Å²) < 4.78 is 12.5. The third kappa shape index (κ3) is 4.15. The summed E-state index contributed by atoms with van der Waals surface area (Å²) in [5, 5.41) is 0. The Hall–Kier alpha value is -1.58. The average Bonchev–Trinajstić information content (AvgIpc) is 2.87. The molecule has 0 radical (unpaired) electrons. The highest BCUT2D eigenvalue weighted by Gasteiger charge is 2.51. The zero-order chi connectivity index (χ0) is 19.7. The summed E-state index contributed by atoms with van der Waals surface area (Å²) in [6.07, 6.45) is 4.64. The highest BCUT2D eigenvalue weighted by atomic mass is 16.7. The van der Waals surface area contributed by atoms with Crippen molar-refractivity contribution in [3.05, 3.63) is 53.6 Å². The van der Waals surface area contributed by atoms with Gasteiger partial charge in [0.15, 0.2) is 0 Å². The predicted molar refractivity (Wildman–Crippen MR) is 116 cm³/mol. The minimum Gasteiger partial charge on any atom is -0.399 e. The molecular weight excluding hydrogens is 331 g/mol. The molecule has 0 atom stereocenters. The molecule has 1 aliphatic heterocycles. The Labute approximate surface area is 165 Å². The summed E-state index contributed by atoms with van der Waals surface area (Å²) >= 11 is 0. The van der Waals surface area contributed by atoms with Crippen LogP contribution in [0.15, 0.2) is 42.5 Å². The lowest BCUT2D eigenvalue weighted by Crippen LogP contribution is -2.41. The van der Waals surface area contributed by atoms with Gasteiger partial charge in [-0.3, -0.25) is 0 Å². The molecule has 1 saturated heterocycles. The van der Waals surface area contributed by atoms with Crippen molar-refractivity contribution in [2.24, 2.45) is 0 Å². The lowest BCUT2D eigenvalue weighted by molar-refractivity contribution is 0.00578. The maximum absolute atomic E-state index is 6.23. The van der Waals surface area contributed by atoms with Crippen LogP contribution in [-0.2, 0) is 22.2 Å². The molecule has 1 fully saturated rings. The first-order valence-corrected chi connectivity index (χ1v) is 10.3. The first-order valence-electron chi connectivity index (χ1n) is 10.3. The van der Waals surface area contributed by atoms with Crippen molar-refractivity contribution in [3.8, 4) is 11.1 Å². The van der Waals surface area contributed by atoms with Crippen molar-refractivity contribution in [1.82, 2.24) is 0 Å². The van der Waals surface area contributed by atoms with Gasteiger partial charge in [-0.15, -0.1) is 0 Å². The minimum atomic E-state index is -0.308. The fourth-order valence-electron chi connectivity index (χ4n) is 3.55. The Bertz CT molecular complexity index is 761. The van der Waals surface area contributed by atoms with Gasteiger partial charge in [-0.25, -0.2) is 0 Å². The van der Waals surface area contributed by atoms with Gasteiger partial charge in [-0.05, 0) is 74.7 Å². The van der Waals surface area contributed by atoms with Gasteiger partial charge in [0.25, 0.3) is 0 Å². The third-order valence-corrected chi connectivity index (χ3v) is 6.12. The maximum atomic E-state index is 6.23. The topological polar surface area (TPSA) is 18.5 Å². The van der Waals surface area contributed by atoms with E-state index in [1.807, 2.05) is 0 Å². The molecule has 0 unspecified atom stereocenters. The van der Waals surface area contributed by atoms with Gasteiger partial charge in [0, 0.05) is 0 Å². The van der Waals surface area contributed by atoms with Crippen LogP contribution in [0.4, 0.5) is 0 Å². The number of benzene rings is 2. The van der Waals surface area contributed by atoms with E-state index in [-0.39, 0.29) is 18.3 Å². The molecule has 0 bridgehead atoms. The lowest BCUT2D eigenvalue weighted by atomic mass is 9.77. The van der Waals surface area contributed by atoms with Crippen LogP contribution < -0.4 is 5.46 Å². The first-order chi connectivity index (χ1) is 12.8. The van der Waals surface area contributed by atoms with E-state index in [1.54, 1.807) is 0 Å². The second-order valence-corrected chi connectivity index (χ2v) is 8.66. The standard InChI is InChI=1S/C24H33BO2/c1-7-9-10-18-11-13-20(14-12-18)22-16-15-21(17-19(22)8-2)25-26-23(3,4)24(5,6)27-25/h11-17H,7-10H2,1-6H3. The number of hydrogen-bond donors (Lipinski definition) is 0. The molecule has 0 aliphatic carbocycles. The van der Waals surface area contributed by atoms with Crippen LogP contribution in [0, 0.1) is 0 Å². The molecule has 1 aliphatic rings. The summed E-state index contributed by atoms with van der Waals surface area (Å²) in [6.45, 7) is 12.8. The molecular formula is C24H33BO2. The van der Waals surface area contributed by atoms with Gasteiger partial charge in [-0.1, -0.05) is 62.7 Å². The molecule has 0 amide bonds. The van der Waals surface area contributed by atoms with Gasteiger partial charge < -0.3 is 9.31 Å². The number of aryl methyl sites for hydroxylation is 2. The van der Waals surface area contributed by atoms with Gasteiger partial charge in [-0.2, -0.15) is 0 Å². The summed E-state index contributed by atoms with van der Waals surface area (Å²) in [6, 6.07) is 15.7. The molecule has 0 saturated carbocycles. The predicted octanol–water partition coefficient (Wildman–Crippen LogP) is 5.56. The maximum Gasteiger partial charge on any atom is 0.494 e.